The van der Waals surface area contributed by atoms with E-state index in [4.69, 9.17) is 9.47 Å². The summed E-state index contributed by atoms with van der Waals surface area (Å²) < 4.78 is 10.5. The van der Waals surface area contributed by atoms with Gasteiger partial charge in [0, 0.05) is 17.9 Å². The molecule has 154 valence electrons. The van der Waals surface area contributed by atoms with Gasteiger partial charge in [0.05, 0.1) is 19.8 Å². The Kier molecular flexibility index (Phi) is 6.89. The molecule has 0 aliphatic carbocycles. The molecular formula is C23H23N3O4. The lowest BCUT2D eigenvalue weighted by Gasteiger charge is -2.13. The molecule has 0 heterocycles. The van der Waals surface area contributed by atoms with E-state index in [1.165, 1.54) is 14.2 Å². The summed E-state index contributed by atoms with van der Waals surface area (Å²) >= 11 is 0. The second-order valence-corrected chi connectivity index (χ2v) is 6.37. The van der Waals surface area contributed by atoms with Crippen molar-refractivity contribution in [3.8, 4) is 11.5 Å². The standard InChI is InChI=1S/C23H23N3O4/c1-29-20-13-7-12-19(21(20)30-2)22(27)24-15-16-8-6-11-18(14-16)26-23(28)25-17-9-4-3-5-10-17/h3-14H,15H2,1-2H3,(H,24,27)(H2,25,26,28). The van der Waals surface area contributed by atoms with Crippen molar-refractivity contribution in [3.05, 3.63) is 83.9 Å². The Hall–Kier alpha value is -4.00. The maximum atomic E-state index is 12.6. The van der Waals surface area contributed by atoms with E-state index in [9.17, 15) is 9.59 Å². The van der Waals surface area contributed by atoms with Gasteiger partial charge in [0.1, 0.15) is 0 Å². The van der Waals surface area contributed by atoms with E-state index >= 15 is 0 Å². The Morgan fingerprint density at radius 2 is 1.50 bits per heavy atom. The Morgan fingerprint density at radius 3 is 2.23 bits per heavy atom. The Labute approximate surface area is 175 Å². The molecule has 7 heteroatoms. The van der Waals surface area contributed by atoms with Gasteiger partial charge in [-0.2, -0.15) is 0 Å². The van der Waals surface area contributed by atoms with E-state index in [0.29, 0.717) is 28.4 Å². The zero-order valence-corrected chi connectivity index (χ0v) is 16.8. The average Bonchev–Trinajstić information content (AvgIpc) is 2.77. The number of urea groups is 1. The van der Waals surface area contributed by atoms with Crippen LogP contribution >= 0.6 is 0 Å². The molecule has 0 aliphatic rings. The van der Waals surface area contributed by atoms with E-state index in [-0.39, 0.29) is 18.5 Å². The molecule has 3 amide bonds. The van der Waals surface area contributed by atoms with Gasteiger partial charge in [-0.15, -0.1) is 0 Å². The molecule has 0 saturated carbocycles. The van der Waals surface area contributed by atoms with Crippen LogP contribution in [0.1, 0.15) is 15.9 Å². The first-order valence-electron chi connectivity index (χ1n) is 9.32. The van der Waals surface area contributed by atoms with Gasteiger partial charge in [-0.1, -0.05) is 36.4 Å². The van der Waals surface area contributed by atoms with Crippen LogP contribution in [0.2, 0.25) is 0 Å². The second-order valence-electron chi connectivity index (χ2n) is 6.37. The zero-order valence-electron chi connectivity index (χ0n) is 16.8. The Morgan fingerprint density at radius 1 is 0.800 bits per heavy atom. The van der Waals surface area contributed by atoms with Crippen molar-refractivity contribution in [2.75, 3.05) is 24.9 Å². The molecule has 0 unspecified atom stereocenters. The van der Waals surface area contributed by atoms with E-state index in [0.717, 1.165) is 5.56 Å². The molecule has 0 fully saturated rings. The summed E-state index contributed by atoms with van der Waals surface area (Å²) in [5, 5.41) is 8.40. The van der Waals surface area contributed by atoms with E-state index < -0.39 is 0 Å². The molecule has 0 radical (unpaired) electrons. The molecule has 0 bridgehead atoms. The Balaban J connectivity index is 1.62. The number of carbonyl (C=O) groups excluding carboxylic acids is 2. The summed E-state index contributed by atoms with van der Waals surface area (Å²) in [5.41, 5.74) is 2.54. The highest BCUT2D eigenvalue weighted by Crippen LogP contribution is 2.30. The molecule has 3 aromatic carbocycles. The zero-order chi connectivity index (χ0) is 21.3. The van der Waals surface area contributed by atoms with Gasteiger partial charge in [-0.25, -0.2) is 4.79 Å². The summed E-state index contributed by atoms with van der Waals surface area (Å²) in [5.74, 6) is 0.581. The first-order chi connectivity index (χ1) is 14.6. The lowest BCUT2D eigenvalue weighted by atomic mass is 10.1. The molecule has 3 aromatic rings. The number of carbonyl (C=O) groups is 2. The van der Waals surface area contributed by atoms with Crippen LogP contribution in [-0.4, -0.2) is 26.2 Å². The smallest absolute Gasteiger partial charge is 0.323 e. The number of para-hydroxylation sites is 2. The van der Waals surface area contributed by atoms with Crippen LogP contribution in [0.3, 0.4) is 0 Å². The van der Waals surface area contributed by atoms with E-state index in [1.807, 2.05) is 30.3 Å². The fourth-order valence-corrected chi connectivity index (χ4v) is 2.92. The maximum absolute atomic E-state index is 12.6. The average molecular weight is 405 g/mol. The second kappa shape index (κ2) is 9.97. The van der Waals surface area contributed by atoms with Crippen LogP contribution in [0, 0.1) is 0 Å². The first-order valence-corrected chi connectivity index (χ1v) is 9.32. The van der Waals surface area contributed by atoms with Crippen molar-refractivity contribution in [1.82, 2.24) is 5.32 Å². The topological polar surface area (TPSA) is 88.7 Å². The van der Waals surface area contributed by atoms with Crippen LogP contribution in [0.15, 0.2) is 72.8 Å². The number of ether oxygens (including phenoxy) is 2. The van der Waals surface area contributed by atoms with Crippen molar-refractivity contribution in [1.29, 1.82) is 0 Å². The van der Waals surface area contributed by atoms with Gasteiger partial charge in [0.25, 0.3) is 5.91 Å². The highest BCUT2D eigenvalue weighted by atomic mass is 16.5. The molecule has 30 heavy (non-hydrogen) atoms. The van der Waals surface area contributed by atoms with Gasteiger partial charge >= 0.3 is 6.03 Å². The highest BCUT2D eigenvalue weighted by Gasteiger charge is 2.16. The summed E-state index contributed by atoms with van der Waals surface area (Å²) in [6.45, 7) is 0.287. The van der Waals surface area contributed by atoms with Crippen molar-refractivity contribution >= 4 is 23.3 Å². The van der Waals surface area contributed by atoms with Gasteiger partial charge < -0.3 is 25.4 Å². The minimum Gasteiger partial charge on any atom is -0.493 e. The van der Waals surface area contributed by atoms with Crippen molar-refractivity contribution < 1.29 is 19.1 Å². The number of hydrogen-bond acceptors (Lipinski definition) is 4. The largest absolute Gasteiger partial charge is 0.493 e. The summed E-state index contributed by atoms with van der Waals surface area (Å²) in [6, 6.07) is 21.2. The first kappa shape index (κ1) is 20.7. The van der Waals surface area contributed by atoms with E-state index in [2.05, 4.69) is 16.0 Å². The number of methoxy groups -OCH3 is 2. The van der Waals surface area contributed by atoms with Crippen molar-refractivity contribution in [2.45, 2.75) is 6.54 Å². The van der Waals surface area contributed by atoms with Gasteiger partial charge in [0.15, 0.2) is 11.5 Å². The third-order valence-electron chi connectivity index (χ3n) is 4.32. The summed E-state index contributed by atoms with van der Waals surface area (Å²) in [7, 11) is 3.01. The molecule has 0 aromatic heterocycles. The van der Waals surface area contributed by atoms with Crippen LogP contribution in [0.25, 0.3) is 0 Å². The predicted octanol–water partition coefficient (Wildman–Crippen LogP) is 4.28. The molecule has 0 spiro atoms. The fraction of sp³-hybridized carbons (Fsp3) is 0.130. The molecule has 0 atom stereocenters. The van der Waals surface area contributed by atoms with Crippen molar-refractivity contribution in [3.63, 3.8) is 0 Å². The molecule has 3 rings (SSSR count). The van der Waals surface area contributed by atoms with Crippen LogP contribution < -0.4 is 25.4 Å². The van der Waals surface area contributed by atoms with Crippen LogP contribution in [0.4, 0.5) is 16.2 Å². The number of nitrogens with one attached hydrogen (secondary N) is 3. The molecule has 0 aliphatic heterocycles. The van der Waals surface area contributed by atoms with Gasteiger partial charge in [-0.3, -0.25) is 4.79 Å². The number of benzene rings is 3. The van der Waals surface area contributed by atoms with Crippen LogP contribution in [0.5, 0.6) is 11.5 Å². The number of rotatable bonds is 7. The normalized spacial score (nSPS) is 10.1. The molecule has 3 N–H and O–H groups in total. The molecule has 0 saturated heterocycles. The summed E-state index contributed by atoms with van der Waals surface area (Å²) in [6.07, 6.45) is 0. The minimum atomic E-state index is -0.344. The highest BCUT2D eigenvalue weighted by molar-refractivity contribution is 6.00. The summed E-state index contributed by atoms with van der Waals surface area (Å²) in [4.78, 5) is 24.8. The predicted molar refractivity (Wildman–Crippen MR) is 116 cm³/mol. The Bertz CT molecular complexity index is 1020. The van der Waals surface area contributed by atoms with Crippen molar-refractivity contribution in [2.24, 2.45) is 0 Å². The van der Waals surface area contributed by atoms with E-state index in [1.54, 1.807) is 42.5 Å². The number of amides is 3. The lowest BCUT2D eigenvalue weighted by molar-refractivity contribution is 0.0947. The molecule has 7 nitrogen and oxygen atoms in total. The minimum absolute atomic E-state index is 0.286. The van der Waals surface area contributed by atoms with Gasteiger partial charge in [0.2, 0.25) is 0 Å². The third kappa shape index (κ3) is 5.29. The van der Waals surface area contributed by atoms with Gasteiger partial charge in [-0.05, 0) is 42.0 Å². The quantitative estimate of drug-likeness (QED) is 0.547. The number of anilines is 2. The third-order valence-corrected chi connectivity index (χ3v) is 4.32. The number of hydrogen-bond donors (Lipinski definition) is 3. The van der Waals surface area contributed by atoms with Crippen LogP contribution in [-0.2, 0) is 6.54 Å². The molecular weight excluding hydrogens is 382 g/mol. The maximum Gasteiger partial charge on any atom is 0.323 e. The monoisotopic (exact) mass is 405 g/mol. The fourth-order valence-electron chi connectivity index (χ4n) is 2.92. The lowest BCUT2D eigenvalue weighted by Crippen LogP contribution is -2.24. The SMILES string of the molecule is COc1cccc(C(=O)NCc2cccc(NC(=O)Nc3ccccc3)c2)c1OC.